The van der Waals surface area contributed by atoms with Crippen LogP contribution in [0.4, 0.5) is 13.2 Å². The number of carboxylic acids is 1. The minimum absolute atomic E-state index is 0.198. The number of carboxylic acid groups (broad SMARTS) is 1. The Morgan fingerprint density at radius 1 is 1.22 bits per heavy atom. The molecule has 0 spiro atoms. The van der Waals surface area contributed by atoms with Crippen LogP contribution in [-0.2, 0) is 17.8 Å². The van der Waals surface area contributed by atoms with Crippen LogP contribution in [0, 0.1) is 6.92 Å². The molecule has 27 heavy (non-hydrogen) atoms. The van der Waals surface area contributed by atoms with Crippen LogP contribution in [0.5, 0.6) is 0 Å². The number of likely N-dealkylation sites (tertiary alicyclic amines) is 1. The molecule has 1 aromatic carbocycles. The summed E-state index contributed by atoms with van der Waals surface area (Å²) in [7, 11) is 0. The van der Waals surface area contributed by atoms with Gasteiger partial charge in [-0.2, -0.15) is 13.2 Å². The van der Waals surface area contributed by atoms with E-state index >= 15 is 0 Å². The summed E-state index contributed by atoms with van der Waals surface area (Å²) < 4.78 is 31.7. The van der Waals surface area contributed by atoms with Crippen LogP contribution in [0.25, 0.3) is 0 Å². The molecule has 0 unspecified atom stereocenters. The summed E-state index contributed by atoms with van der Waals surface area (Å²) in [5.74, 6) is -2.76. The van der Waals surface area contributed by atoms with E-state index in [0.717, 1.165) is 25.9 Å². The third kappa shape index (κ3) is 6.64. The lowest BCUT2D eigenvalue weighted by molar-refractivity contribution is -0.192. The van der Waals surface area contributed by atoms with Crippen LogP contribution in [-0.4, -0.2) is 45.9 Å². The van der Waals surface area contributed by atoms with E-state index in [1.165, 1.54) is 15.3 Å². The van der Waals surface area contributed by atoms with Gasteiger partial charge in [0.1, 0.15) is 0 Å². The average molecular weight is 401 g/mol. The van der Waals surface area contributed by atoms with Gasteiger partial charge in [-0.1, -0.05) is 30.3 Å². The van der Waals surface area contributed by atoms with Gasteiger partial charge >= 0.3 is 12.1 Å². The fourth-order valence-corrected chi connectivity index (χ4v) is 3.90. The van der Waals surface area contributed by atoms with E-state index in [2.05, 4.69) is 48.2 Å². The Morgan fingerprint density at radius 2 is 1.85 bits per heavy atom. The second-order valence-electron chi connectivity index (χ2n) is 6.40. The first-order valence-corrected chi connectivity index (χ1v) is 9.30. The molecule has 1 fully saturated rings. The number of thiophene rings is 1. The Hall–Kier alpha value is -1.90. The molecule has 4 nitrogen and oxygen atoms in total. The van der Waals surface area contributed by atoms with Crippen molar-refractivity contribution in [2.24, 2.45) is 0 Å². The number of nitrogens with zero attached hydrogens (tertiary/aromatic N) is 1. The van der Waals surface area contributed by atoms with Crippen molar-refractivity contribution in [3.63, 3.8) is 0 Å². The Morgan fingerprint density at radius 3 is 2.37 bits per heavy atom. The normalized spacial score (nSPS) is 20.2. The van der Waals surface area contributed by atoms with Gasteiger partial charge in [0.25, 0.3) is 0 Å². The molecule has 0 aliphatic carbocycles. The Balaban J connectivity index is 0.000000321. The first-order valence-electron chi connectivity index (χ1n) is 8.48. The molecular weight excluding hydrogens is 379 g/mol. The zero-order chi connectivity index (χ0) is 20.0. The lowest BCUT2D eigenvalue weighted by Crippen LogP contribution is -2.36. The molecule has 3 rings (SSSR count). The number of rotatable bonds is 4. The number of aliphatic carboxylic acids is 1. The number of alkyl halides is 3. The molecule has 1 aromatic heterocycles. The highest BCUT2D eigenvalue weighted by Crippen LogP contribution is 2.26. The molecule has 2 heterocycles. The minimum Gasteiger partial charge on any atom is -0.475 e. The lowest BCUT2D eigenvalue weighted by Gasteiger charge is -2.25. The van der Waals surface area contributed by atoms with Crippen molar-refractivity contribution >= 4 is 17.3 Å². The van der Waals surface area contributed by atoms with E-state index in [9.17, 15) is 18.3 Å². The number of hydrogen-bond donors (Lipinski definition) is 2. The average Bonchev–Trinajstić information content (AvgIpc) is 3.16. The summed E-state index contributed by atoms with van der Waals surface area (Å²) in [6.45, 7) is 4.11. The van der Waals surface area contributed by atoms with Gasteiger partial charge in [-0.15, -0.1) is 11.3 Å². The van der Waals surface area contributed by atoms with Crippen molar-refractivity contribution in [3.05, 3.63) is 57.8 Å². The summed E-state index contributed by atoms with van der Waals surface area (Å²) >= 11 is 1.86. The lowest BCUT2D eigenvalue weighted by atomic mass is 10.0. The van der Waals surface area contributed by atoms with Crippen molar-refractivity contribution in [3.8, 4) is 0 Å². The molecule has 0 amide bonds. The highest BCUT2D eigenvalue weighted by atomic mass is 32.1. The number of halogens is 3. The summed E-state index contributed by atoms with van der Waals surface area (Å²) in [5.41, 5.74) is 1.31. The summed E-state index contributed by atoms with van der Waals surface area (Å²) in [6.07, 6.45) is -3.45. The molecule has 1 aliphatic heterocycles. The number of carbonyl (C=O) groups is 1. The zero-order valence-electron chi connectivity index (χ0n) is 14.8. The summed E-state index contributed by atoms with van der Waals surface area (Å²) in [5, 5.41) is 17.4. The van der Waals surface area contributed by atoms with Crippen molar-refractivity contribution in [1.82, 2.24) is 4.90 Å². The molecule has 148 valence electrons. The molecule has 2 N–H and O–H groups in total. The summed E-state index contributed by atoms with van der Waals surface area (Å²) in [4.78, 5) is 14.1. The molecule has 2 atom stereocenters. The predicted molar refractivity (Wildman–Crippen MR) is 97.7 cm³/mol. The summed E-state index contributed by atoms with van der Waals surface area (Å²) in [6, 6.07) is 15.1. The van der Waals surface area contributed by atoms with Crippen LogP contribution in [0.1, 0.15) is 21.7 Å². The van der Waals surface area contributed by atoms with Gasteiger partial charge in [0, 0.05) is 28.9 Å². The Kier molecular flexibility index (Phi) is 7.41. The molecule has 0 saturated carbocycles. The second-order valence-corrected chi connectivity index (χ2v) is 7.77. The minimum atomic E-state index is -5.08. The third-order valence-corrected chi connectivity index (χ3v) is 5.30. The Bertz CT molecular complexity index is 733. The van der Waals surface area contributed by atoms with Crippen molar-refractivity contribution in [2.45, 2.75) is 44.6 Å². The van der Waals surface area contributed by atoms with E-state index < -0.39 is 12.1 Å². The van der Waals surface area contributed by atoms with Crippen LogP contribution < -0.4 is 0 Å². The van der Waals surface area contributed by atoms with Gasteiger partial charge in [0.15, 0.2) is 0 Å². The van der Waals surface area contributed by atoms with Gasteiger partial charge in [-0.3, -0.25) is 4.90 Å². The van der Waals surface area contributed by atoms with Crippen LogP contribution in [0.3, 0.4) is 0 Å². The molecule has 0 radical (unpaired) electrons. The van der Waals surface area contributed by atoms with E-state index in [0.29, 0.717) is 0 Å². The van der Waals surface area contributed by atoms with Crippen molar-refractivity contribution < 1.29 is 28.2 Å². The first kappa shape index (κ1) is 21.4. The van der Waals surface area contributed by atoms with Crippen LogP contribution in [0.2, 0.25) is 0 Å². The number of hydrogen-bond acceptors (Lipinski definition) is 4. The monoisotopic (exact) mass is 401 g/mol. The molecular formula is C19H22F3NO3S. The maximum absolute atomic E-state index is 10.6. The first-order chi connectivity index (χ1) is 12.7. The molecule has 2 aromatic rings. The van der Waals surface area contributed by atoms with Gasteiger partial charge < -0.3 is 10.2 Å². The smallest absolute Gasteiger partial charge is 0.475 e. The third-order valence-electron chi connectivity index (χ3n) is 4.31. The molecule has 1 aliphatic rings. The number of benzene rings is 1. The molecule has 8 heteroatoms. The molecule has 0 bridgehead atoms. The van der Waals surface area contributed by atoms with Gasteiger partial charge in [0.2, 0.25) is 0 Å². The molecule has 1 saturated heterocycles. The standard InChI is InChI=1S/C17H21NOS.C2HF3O2/c1-13-7-8-15(20-13)12-18-10-9-17(19)16(18)11-14-5-3-2-4-6-14;3-2(4,5)1(6)7/h2-8,16-17,19H,9-12H2,1H3;(H,6,7)/t16-,17+;/m0./s1. The SMILES string of the molecule is Cc1ccc(CN2CC[C@@H](O)[C@@H]2Cc2ccccc2)s1.O=C(O)C(F)(F)F. The number of aliphatic hydroxyl groups is 1. The highest BCUT2D eigenvalue weighted by Gasteiger charge is 2.38. The van der Waals surface area contributed by atoms with E-state index in [4.69, 9.17) is 9.90 Å². The topological polar surface area (TPSA) is 60.8 Å². The van der Waals surface area contributed by atoms with Gasteiger partial charge in [0.05, 0.1) is 6.10 Å². The largest absolute Gasteiger partial charge is 0.490 e. The number of aliphatic hydroxyl groups excluding tert-OH is 1. The van der Waals surface area contributed by atoms with E-state index in [1.54, 1.807) is 0 Å². The van der Waals surface area contributed by atoms with E-state index in [1.807, 2.05) is 17.4 Å². The zero-order valence-corrected chi connectivity index (χ0v) is 15.6. The number of aryl methyl sites for hydroxylation is 1. The maximum atomic E-state index is 10.6. The van der Waals surface area contributed by atoms with Gasteiger partial charge in [-0.25, -0.2) is 4.79 Å². The van der Waals surface area contributed by atoms with Gasteiger partial charge in [-0.05, 0) is 37.5 Å². The highest BCUT2D eigenvalue weighted by molar-refractivity contribution is 7.11. The van der Waals surface area contributed by atoms with Crippen molar-refractivity contribution in [1.29, 1.82) is 0 Å². The van der Waals surface area contributed by atoms with E-state index in [-0.39, 0.29) is 12.1 Å². The Labute approximate surface area is 159 Å². The fraction of sp³-hybridized carbons (Fsp3) is 0.421. The predicted octanol–water partition coefficient (Wildman–Crippen LogP) is 3.87. The van der Waals surface area contributed by atoms with Crippen LogP contribution in [0.15, 0.2) is 42.5 Å². The van der Waals surface area contributed by atoms with Crippen LogP contribution >= 0.6 is 11.3 Å². The fourth-order valence-electron chi connectivity index (χ4n) is 2.99. The maximum Gasteiger partial charge on any atom is 0.490 e. The second kappa shape index (κ2) is 9.34. The van der Waals surface area contributed by atoms with Crippen molar-refractivity contribution in [2.75, 3.05) is 6.54 Å². The quantitative estimate of drug-likeness (QED) is 0.817.